The van der Waals surface area contributed by atoms with Gasteiger partial charge >= 0.3 is 5.92 Å². The molecule has 4 rings (SSSR count). The van der Waals surface area contributed by atoms with Crippen molar-refractivity contribution in [3.8, 4) is 0 Å². The van der Waals surface area contributed by atoms with Gasteiger partial charge < -0.3 is 20.8 Å². The van der Waals surface area contributed by atoms with E-state index >= 15 is 0 Å². The summed E-state index contributed by atoms with van der Waals surface area (Å²) in [6, 6.07) is 7.26. The SMILES string of the molecule is O=C(Cc1c(Cl)cnc(NCC(F)(F)c2cccc[n+]2[O-])c1F)NCc1cnc2[nH]ccc2c1. The molecule has 4 aromatic heterocycles. The number of H-pyrrole nitrogens is 1. The number of fused-ring (bicyclic) bond motifs is 1. The molecular weight excluding hydrogens is 473 g/mol. The third-order valence-electron chi connectivity index (χ3n) is 5.03. The van der Waals surface area contributed by atoms with Gasteiger partial charge in [-0.3, -0.25) is 4.79 Å². The van der Waals surface area contributed by atoms with E-state index in [1.807, 2.05) is 12.1 Å². The third-order valence-corrected chi connectivity index (χ3v) is 5.35. The Bertz CT molecular complexity index is 1350. The number of nitrogens with zero attached hydrogens (tertiary/aromatic N) is 3. The zero-order valence-electron chi connectivity index (χ0n) is 17.5. The Kier molecular flexibility index (Phi) is 6.55. The van der Waals surface area contributed by atoms with E-state index in [1.54, 1.807) is 12.4 Å². The number of hydrogen-bond acceptors (Lipinski definition) is 5. The van der Waals surface area contributed by atoms with Gasteiger partial charge in [-0.1, -0.05) is 11.6 Å². The predicted molar refractivity (Wildman–Crippen MR) is 119 cm³/mol. The Hall–Kier alpha value is -3.86. The Morgan fingerprint density at radius 1 is 1.24 bits per heavy atom. The van der Waals surface area contributed by atoms with Gasteiger partial charge in [-0.2, -0.15) is 13.5 Å². The Labute approximate surface area is 196 Å². The van der Waals surface area contributed by atoms with Crippen LogP contribution in [0.25, 0.3) is 11.0 Å². The summed E-state index contributed by atoms with van der Waals surface area (Å²) in [4.78, 5) is 23.3. The number of aromatic amines is 1. The van der Waals surface area contributed by atoms with E-state index in [0.29, 0.717) is 5.65 Å². The molecule has 0 aliphatic heterocycles. The van der Waals surface area contributed by atoms with Crippen molar-refractivity contribution < 1.29 is 22.7 Å². The van der Waals surface area contributed by atoms with E-state index in [9.17, 15) is 23.2 Å². The Morgan fingerprint density at radius 2 is 2.06 bits per heavy atom. The number of hydrogen-bond donors (Lipinski definition) is 3. The zero-order chi connectivity index (χ0) is 24.3. The molecule has 1 amide bonds. The molecule has 0 bridgehead atoms. The Balaban J connectivity index is 1.42. The summed E-state index contributed by atoms with van der Waals surface area (Å²) in [5, 5.41) is 17.2. The number of nitrogens with one attached hydrogen (secondary N) is 3. The highest BCUT2D eigenvalue weighted by Gasteiger charge is 2.39. The summed E-state index contributed by atoms with van der Waals surface area (Å²) in [7, 11) is 0. The van der Waals surface area contributed by atoms with Crippen molar-refractivity contribution in [1.29, 1.82) is 0 Å². The summed E-state index contributed by atoms with van der Waals surface area (Å²) in [5.41, 5.74) is 0.452. The molecule has 12 heteroatoms. The number of carbonyl (C=O) groups is 1. The monoisotopic (exact) mass is 490 g/mol. The minimum Gasteiger partial charge on any atom is -0.618 e. The van der Waals surface area contributed by atoms with Crippen LogP contribution in [-0.4, -0.2) is 27.4 Å². The average Bonchev–Trinajstić information content (AvgIpc) is 3.28. The summed E-state index contributed by atoms with van der Waals surface area (Å²) in [6.07, 6.45) is 4.91. The molecule has 0 saturated heterocycles. The molecule has 34 heavy (non-hydrogen) atoms. The van der Waals surface area contributed by atoms with Gasteiger partial charge in [0.25, 0.3) is 5.69 Å². The largest absolute Gasteiger partial charge is 0.618 e. The van der Waals surface area contributed by atoms with Gasteiger partial charge in [0.1, 0.15) is 5.65 Å². The van der Waals surface area contributed by atoms with Crippen molar-refractivity contribution >= 4 is 34.4 Å². The highest BCUT2D eigenvalue weighted by molar-refractivity contribution is 6.31. The number of halogens is 4. The van der Waals surface area contributed by atoms with Crippen molar-refractivity contribution in [3.05, 3.63) is 88.0 Å². The predicted octanol–water partition coefficient (Wildman–Crippen LogP) is 3.45. The van der Waals surface area contributed by atoms with Gasteiger partial charge in [-0.25, -0.2) is 14.4 Å². The van der Waals surface area contributed by atoms with E-state index < -0.39 is 42.1 Å². The maximum atomic E-state index is 14.9. The van der Waals surface area contributed by atoms with Gasteiger partial charge in [0.05, 0.1) is 18.0 Å². The number of anilines is 1. The summed E-state index contributed by atoms with van der Waals surface area (Å²) in [6.45, 7) is -0.939. The zero-order valence-corrected chi connectivity index (χ0v) is 18.2. The number of alkyl halides is 2. The second kappa shape index (κ2) is 9.56. The van der Waals surface area contributed by atoms with E-state index in [0.717, 1.165) is 29.4 Å². The maximum Gasteiger partial charge on any atom is 0.347 e. The molecule has 8 nitrogen and oxygen atoms in total. The number of aromatic nitrogens is 4. The normalized spacial score (nSPS) is 11.5. The smallest absolute Gasteiger partial charge is 0.347 e. The molecule has 0 spiro atoms. The number of rotatable bonds is 8. The standard InChI is InChI=1S/C22H18ClF3N6O2/c23-16-11-30-21(31-12-22(25,26)17-3-1-2-6-32(17)34)19(24)15(16)8-18(33)28-9-13-7-14-4-5-27-20(14)29-10-13/h1-7,10-11H,8-9,12H2,(H,27,29)(H,28,33)(H,30,31). The molecule has 4 aromatic rings. The van der Waals surface area contributed by atoms with Gasteiger partial charge in [-0.15, -0.1) is 0 Å². The number of amides is 1. The Morgan fingerprint density at radius 3 is 2.85 bits per heavy atom. The van der Waals surface area contributed by atoms with Gasteiger partial charge in [0.15, 0.2) is 17.8 Å². The molecule has 3 N–H and O–H groups in total. The lowest BCUT2D eigenvalue weighted by Crippen LogP contribution is -2.41. The van der Waals surface area contributed by atoms with Crippen molar-refractivity contribution in [2.24, 2.45) is 0 Å². The fourth-order valence-electron chi connectivity index (χ4n) is 3.29. The van der Waals surface area contributed by atoms with Crippen LogP contribution in [-0.2, 0) is 23.7 Å². The molecule has 0 aliphatic rings. The first-order valence-electron chi connectivity index (χ1n) is 10.1. The maximum absolute atomic E-state index is 14.9. The van der Waals surface area contributed by atoms with Gasteiger partial charge in [0, 0.05) is 48.2 Å². The van der Waals surface area contributed by atoms with Crippen LogP contribution in [0.3, 0.4) is 0 Å². The molecule has 0 atom stereocenters. The first-order valence-corrected chi connectivity index (χ1v) is 10.4. The first-order chi connectivity index (χ1) is 16.2. The molecule has 0 radical (unpaired) electrons. The topological polar surface area (TPSA) is 110 Å². The summed E-state index contributed by atoms with van der Waals surface area (Å²) >= 11 is 6.01. The second-order valence-electron chi connectivity index (χ2n) is 7.43. The van der Waals surface area contributed by atoms with E-state index in [2.05, 4.69) is 25.6 Å². The molecular formula is C22H18ClF3N6O2. The molecule has 0 saturated carbocycles. The minimum atomic E-state index is -3.61. The summed E-state index contributed by atoms with van der Waals surface area (Å²) in [5.74, 6) is -5.68. The quantitative estimate of drug-likeness (QED) is 0.259. The molecule has 176 valence electrons. The highest BCUT2D eigenvalue weighted by atomic mass is 35.5. The lowest BCUT2D eigenvalue weighted by Gasteiger charge is -2.17. The molecule has 0 aromatic carbocycles. The van der Waals surface area contributed by atoms with Crippen LogP contribution in [0.1, 0.15) is 16.8 Å². The van der Waals surface area contributed by atoms with E-state index in [4.69, 9.17) is 11.6 Å². The molecule has 4 heterocycles. The fourth-order valence-corrected chi connectivity index (χ4v) is 3.49. The van der Waals surface area contributed by atoms with Crippen molar-refractivity contribution in [2.45, 2.75) is 18.9 Å². The van der Waals surface area contributed by atoms with Gasteiger partial charge in [-0.05, 0) is 23.8 Å². The van der Waals surface area contributed by atoms with E-state index in [1.165, 1.54) is 12.1 Å². The van der Waals surface area contributed by atoms with Crippen LogP contribution in [0, 0.1) is 11.0 Å². The van der Waals surface area contributed by atoms with Gasteiger partial charge in [0.2, 0.25) is 5.91 Å². The van der Waals surface area contributed by atoms with Crippen molar-refractivity contribution in [2.75, 3.05) is 11.9 Å². The number of carbonyl (C=O) groups excluding carboxylic acids is 1. The van der Waals surface area contributed by atoms with Crippen LogP contribution in [0.4, 0.5) is 19.0 Å². The molecule has 0 aliphatic carbocycles. The van der Waals surface area contributed by atoms with Crippen LogP contribution < -0.4 is 15.4 Å². The second-order valence-corrected chi connectivity index (χ2v) is 7.84. The first kappa shape index (κ1) is 23.3. The van der Waals surface area contributed by atoms with E-state index in [-0.39, 0.29) is 21.9 Å². The number of pyridine rings is 3. The summed E-state index contributed by atoms with van der Waals surface area (Å²) < 4.78 is 43.8. The lowest BCUT2D eigenvalue weighted by atomic mass is 10.1. The van der Waals surface area contributed by atoms with Crippen LogP contribution in [0.2, 0.25) is 5.02 Å². The van der Waals surface area contributed by atoms with Crippen molar-refractivity contribution in [1.82, 2.24) is 20.3 Å². The van der Waals surface area contributed by atoms with Crippen LogP contribution >= 0.6 is 11.6 Å². The lowest BCUT2D eigenvalue weighted by molar-refractivity contribution is -0.624. The highest BCUT2D eigenvalue weighted by Crippen LogP contribution is 2.28. The molecule has 0 fully saturated rings. The fraction of sp³-hybridized carbons (Fsp3) is 0.182. The third kappa shape index (κ3) is 5.04. The average molecular weight is 491 g/mol. The van der Waals surface area contributed by atoms with Crippen LogP contribution in [0.5, 0.6) is 0 Å². The molecule has 0 unspecified atom stereocenters. The van der Waals surface area contributed by atoms with Crippen molar-refractivity contribution in [3.63, 3.8) is 0 Å². The minimum absolute atomic E-state index is 0.0341. The van der Waals surface area contributed by atoms with Crippen LogP contribution in [0.15, 0.2) is 55.1 Å².